The molecule has 1 aromatic rings. The average Bonchev–Trinajstić information content (AvgIpc) is 2.80. The van der Waals surface area contributed by atoms with Crippen LogP contribution in [0.4, 0.5) is 10.2 Å². The standard InChI is InChI=1S/C15H21FN4O4/c1-8-11(21)12(22)14(24-8)20-7-9(16)13(18-15(20)23)17-10-5-3-4-6-19(10)2/h7-8,11-12,14,21-22H,3-6H2,1-2H3/t8-,11-,12-,14-/m1/s1. The summed E-state index contributed by atoms with van der Waals surface area (Å²) >= 11 is 0. The van der Waals surface area contributed by atoms with Crippen LogP contribution in [0.15, 0.2) is 16.0 Å². The molecule has 3 rings (SSSR count). The van der Waals surface area contributed by atoms with Gasteiger partial charge in [-0.05, 0) is 19.8 Å². The molecule has 2 N–H and O–H groups in total. The molecule has 2 aliphatic heterocycles. The van der Waals surface area contributed by atoms with Crippen LogP contribution in [0.25, 0.3) is 0 Å². The number of halogens is 1. The summed E-state index contributed by atoms with van der Waals surface area (Å²) < 4.78 is 20.5. The van der Waals surface area contributed by atoms with Crippen molar-refractivity contribution >= 4 is 11.7 Å². The zero-order valence-corrected chi connectivity index (χ0v) is 13.6. The van der Waals surface area contributed by atoms with Crippen LogP contribution >= 0.6 is 0 Å². The number of hydrogen-bond acceptors (Lipinski definition) is 6. The summed E-state index contributed by atoms with van der Waals surface area (Å²) in [4.78, 5) is 21.9. The lowest BCUT2D eigenvalue weighted by Gasteiger charge is -2.25. The average molecular weight is 340 g/mol. The van der Waals surface area contributed by atoms with Gasteiger partial charge in [-0.25, -0.2) is 14.2 Å². The summed E-state index contributed by atoms with van der Waals surface area (Å²) in [5.74, 6) is -0.377. The largest absolute Gasteiger partial charge is 0.388 e. The van der Waals surface area contributed by atoms with Crippen LogP contribution in [0.3, 0.4) is 0 Å². The first kappa shape index (κ1) is 17.0. The van der Waals surface area contributed by atoms with Crippen LogP contribution in [-0.4, -0.2) is 62.4 Å². The first-order chi connectivity index (χ1) is 11.4. The van der Waals surface area contributed by atoms with Gasteiger partial charge in [0.1, 0.15) is 18.0 Å². The normalized spacial score (nSPS) is 32.5. The second-order valence-corrected chi connectivity index (χ2v) is 6.22. The molecular weight excluding hydrogens is 319 g/mol. The summed E-state index contributed by atoms with van der Waals surface area (Å²) in [6, 6.07) is 0. The van der Waals surface area contributed by atoms with E-state index in [4.69, 9.17) is 4.74 Å². The van der Waals surface area contributed by atoms with Gasteiger partial charge < -0.3 is 19.8 Å². The first-order valence-corrected chi connectivity index (χ1v) is 7.97. The van der Waals surface area contributed by atoms with Crippen LogP contribution in [0.1, 0.15) is 32.4 Å². The Bertz CT molecular complexity index is 707. The molecule has 0 saturated carbocycles. The number of ether oxygens (including phenoxy) is 1. The molecular formula is C15H21FN4O4. The third-order valence-electron chi connectivity index (χ3n) is 4.46. The van der Waals surface area contributed by atoms with Gasteiger partial charge in [-0.1, -0.05) is 0 Å². The predicted octanol–water partition coefficient (Wildman–Crippen LogP) is 0.167. The van der Waals surface area contributed by atoms with Crippen LogP contribution in [-0.2, 0) is 4.74 Å². The van der Waals surface area contributed by atoms with Gasteiger partial charge in [0, 0.05) is 20.0 Å². The van der Waals surface area contributed by atoms with E-state index in [1.807, 2.05) is 11.9 Å². The molecule has 4 atom stereocenters. The highest BCUT2D eigenvalue weighted by atomic mass is 19.1. The van der Waals surface area contributed by atoms with E-state index in [1.165, 1.54) is 0 Å². The van der Waals surface area contributed by atoms with Crippen LogP contribution in [0, 0.1) is 5.82 Å². The number of amidine groups is 1. The van der Waals surface area contributed by atoms with Gasteiger partial charge in [0.25, 0.3) is 0 Å². The van der Waals surface area contributed by atoms with Crippen molar-refractivity contribution in [3.05, 3.63) is 22.5 Å². The fourth-order valence-electron chi connectivity index (χ4n) is 2.97. The van der Waals surface area contributed by atoms with E-state index in [-0.39, 0.29) is 5.82 Å². The number of piperidine rings is 1. The Morgan fingerprint density at radius 1 is 1.38 bits per heavy atom. The second kappa shape index (κ2) is 6.58. The highest BCUT2D eigenvalue weighted by Gasteiger charge is 2.42. The number of aliphatic imine (C=N–C) groups is 1. The number of aliphatic hydroxyl groups is 2. The van der Waals surface area contributed by atoms with E-state index in [0.717, 1.165) is 30.2 Å². The van der Waals surface area contributed by atoms with Gasteiger partial charge in [-0.15, -0.1) is 0 Å². The maximum atomic E-state index is 14.3. The number of aromatic nitrogens is 2. The lowest BCUT2D eigenvalue weighted by atomic mass is 10.1. The topological polar surface area (TPSA) is 100 Å². The van der Waals surface area contributed by atoms with Crippen molar-refractivity contribution < 1.29 is 19.3 Å². The van der Waals surface area contributed by atoms with Crippen LogP contribution in [0.2, 0.25) is 0 Å². The minimum Gasteiger partial charge on any atom is -0.388 e. The predicted molar refractivity (Wildman–Crippen MR) is 83.6 cm³/mol. The molecule has 2 fully saturated rings. The van der Waals surface area contributed by atoms with E-state index < -0.39 is 36.0 Å². The van der Waals surface area contributed by atoms with Gasteiger partial charge in [-0.2, -0.15) is 4.98 Å². The molecule has 24 heavy (non-hydrogen) atoms. The summed E-state index contributed by atoms with van der Waals surface area (Å²) in [6.07, 6.45) is -0.712. The first-order valence-electron chi connectivity index (χ1n) is 7.97. The van der Waals surface area contributed by atoms with E-state index >= 15 is 0 Å². The minimum atomic E-state index is -1.33. The lowest BCUT2D eigenvalue weighted by Crippen LogP contribution is -2.35. The smallest absolute Gasteiger partial charge is 0.352 e. The van der Waals surface area contributed by atoms with Gasteiger partial charge >= 0.3 is 5.69 Å². The number of likely N-dealkylation sites (tertiary alicyclic amines) is 1. The highest BCUT2D eigenvalue weighted by Crippen LogP contribution is 2.28. The van der Waals surface area contributed by atoms with Crippen molar-refractivity contribution in [3.63, 3.8) is 0 Å². The van der Waals surface area contributed by atoms with Gasteiger partial charge in [-0.3, -0.25) is 4.57 Å². The van der Waals surface area contributed by atoms with Crippen molar-refractivity contribution in [1.82, 2.24) is 14.5 Å². The van der Waals surface area contributed by atoms with Crippen molar-refractivity contribution in [1.29, 1.82) is 0 Å². The summed E-state index contributed by atoms with van der Waals surface area (Å²) in [6.45, 7) is 2.39. The molecule has 0 bridgehead atoms. The maximum Gasteiger partial charge on any atom is 0.352 e. The Morgan fingerprint density at radius 2 is 2.12 bits per heavy atom. The molecule has 2 saturated heterocycles. The molecule has 3 heterocycles. The third-order valence-corrected chi connectivity index (χ3v) is 4.46. The molecule has 0 aromatic carbocycles. The Hall–Kier alpha value is -1.84. The Balaban J connectivity index is 1.92. The van der Waals surface area contributed by atoms with Crippen LogP contribution in [0.5, 0.6) is 0 Å². The Kier molecular flexibility index (Phi) is 4.66. The third kappa shape index (κ3) is 3.06. The van der Waals surface area contributed by atoms with Gasteiger partial charge in [0.15, 0.2) is 17.9 Å². The summed E-state index contributed by atoms with van der Waals surface area (Å²) in [5, 5.41) is 19.7. The highest BCUT2D eigenvalue weighted by molar-refractivity contribution is 5.84. The molecule has 2 aliphatic rings. The van der Waals surface area contributed by atoms with Gasteiger partial charge in [0.05, 0.1) is 12.3 Å². The van der Waals surface area contributed by atoms with Crippen molar-refractivity contribution in [3.8, 4) is 0 Å². The fraction of sp³-hybridized carbons (Fsp3) is 0.667. The number of nitrogens with zero attached hydrogens (tertiary/aromatic N) is 4. The molecule has 0 spiro atoms. The summed E-state index contributed by atoms with van der Waals surface area (Å²) in [5.41, 5.74) is -0.792. The van der Waals surface area contributed by atoms with Crippen LogP contribution < -0.4 is 5.69 Å². The van der Waals surface area contributed by atoms with Crippen molar-refractivity contribution in [2.75, 3.05) is 13.6 Å². The van der Waals surface area contributed by atoms with E-state index in [1.54, 1.807) is 6.92 Å². The summed E-state index contributed by atoms with van der Waals surface area (Å²) in [7, 11) is 1.86. The van der Waals surface area contributed by atoms with E-state index in [9.17, 15) is 19.4 Å². The zero-order chi connectivity index (χ0) is 17.4. The molecule has 0 amide bonds. The monoisotopic (exact) mass is 340 g/mol. The number of aliphatic hydroxyl groups excluding tert-OH is 2. The molecule has 0 radical (unpaired) electrons. The van der Waals surface area contributed by atoms with Crippen molar-refractivity contribution in [2.24, 2.45) is 4.99 Å². The molecule has 8 nitrogen and oxygen atoms in total. The maximum absolute atomic E-state index is 14.3. The van der Waals surface area contributed by atoms with Crippen molar-refractivity contribution in [2.45, 2.75) is 50.7 Å². The quantitative estimate of drug-likeness (QED) is 0.796. The number of hydrogen-bond donors (Lipinski definition) is 2. The minimum absolute atomic E-state index is 0.277. The molecule has 0 aliphatic carbocycles. The second-order valence-electron chi connectivity index (χ2n) is 6.22. The molecule has 9 heteroatoms. The van der Waals surface area contributed by atoms with E-state index in [2.05, 4.69) is 9.98 Å². The Morgan fingerprint density at radius 3 is 2.75 bits per heavy atom. The zero-order valence-electron chi connectivity index (χ0n) is 13.6. The SMILES string of the molecule is C[C@H]1O[C@@H](n2cc(F)c(N=C3CCCCN3C)nc2=O)[C@H](O)[C@@H]1O. The molecule has 0 unspecified atom stereocenters. The number of rotatable bonds is 2. The Labute approximate surface area is 138 Å². The molecule has 132 valence electrons. The lowest BCUT2D eigenvalue weighted by molar-refractivity contribution is -0.0355. The molecule has 1 aromatic heterocycles. The fourth-order valence-corrected chi connectivity index (χ4v) is 2.97. The van der Waals surface area contributed by atoms with E-state index in [0.29, 0.717) is 12.3 Å². The van der Waals surface area contributed by atoms with Gasteiger partial charge in [0.2, 0.25) is 0 Å².